The Morgan fingerprint density at radius 1 is 1.18 bits per heavy atom. The van der Waals surface area contributed by atoms with Crippen molar-refractivity contribution in [3.8, 4) is 0 Å². The fourth-order valence-electron chi connectivity index (χ4n) is 3.00. The highest BCUT2D eigenvalue weighted by Gasteiger charge is 2.38. The third kappa shape index (κ3) is 3.70. The molecule has 1 atom stereocenters. The third-order valence-corrected chi connectivity index (χ3v) is 4.32. The fraction of sp³-hybridized carbons (Fsp3) is 0.929. The van der Waals surface area contributed by atoms with Gasteiger partial charge in [0.2, 0.25) is 5.91 Å². The van der Waals surface area contributed by atoms with Gasteiger partial charge in [-0.05, 0) is 32.1 Å². The molecule has 2 aliphatic carbocycles. The zero-order chi connectivity index (χ0) is 12.3. The molecule has 17 heavy (non-hydrogen) atoms. The zero-order valence-electron chi connectivity index (χ0n) is 11.0. The fourth-order valence-corrected chi connectivity index (χ4v) is 3.00. The van der Waals surface area contributed by atoms with Crippen molar-refractivity contribution < 1.29 is 4.79 Å². The minimum atomic E-state index is -0.476. The second kappa shape index (κ2) is 5.38. The first-order chi connectivity index (χ1) is 8.10. The van der Waals surface area contributed by atoms with Crippen LogP contribution in [-0.4, -0.2) is 17.5 Å². The lowest BCUT2D eigenvalue weighted by molar-refractivity contribution is -0.124. The van der Waals surface area contributed by atoms with Gasteiger partial charge in [-0.2, -0.15) is 0 Å². The lowest BCUT2D eigenvalue weighted by Gasteiger charge is -2.32. The topological polar surface area (TPSA) is 55.1 Å². The van der Waals surface area contributed by atoms with Crippen molar-refractivity contribution in [3.63, 3.8) is 0 Å². The molecule has 0 bridgehead atoms. The van der Waals surface area contributed by atoms with Gasteiger partial charge >= 0.3 is 0 Å². The summed E-state index contributed by atoms with van der Waals surface area (Å²) >= 11 is 0. The Morgan fingerprint density at radius 2 is 1.76 bits per heavy atom. The highest BCUT2D eigenvalue weighted by molar-refractivity contribution is 5.84. The predicted molar refractivity (Wildman–Crippen MR) is 69.6 cm³/mol. The summed E-state index contributed by atoms with van der Waals surface area (Å²) in [7, 11) is 0. The molecular weight excluding hydrogens is 212 g/mol. The summed E-state index contributed by atoms with van der Waals surface area (Å²) in [6, 6.07) is 0.494. The zero-order valence-corrected chi connectivity index (χ0v) is 11.0. The highest BCUT2D eigenvalue weighted by atomic mass is 16.1. The number of carbonyl (C=O) groups excluding carboxylic acids is 1. The average Bonchev–Trinajstić information content (AvgIpc) is 3.06. The van der Waals surface area contributed by atoms with E-state index >= 15 is 0 Å². The number of hydrogen-bond donors (Lipinski definition) is 2. The minimum absolute atomic E-state index is 0.173. The molecule has 2 saturated carbocycles. The first-order valence-corrected chi connectivity index (χ1v) is 7.18. The van der Waals surface area contributed by atoms with Gasteiger partial charge in [0.05, 0.1) is 5.54 Å². The molecule has 0 aliphatic heterocycles. The number of carbonyl (C=O) groups is 1. The van der Waals surface area contributed by atoms with E-state index in [1.807, 2.05) is 6.92 Å². The van der Waals surface area contributed by atoms with E-state index in [0.717, 1.165) is 12.3 Å². The largest absolute Gasteiger partial charge is 0.368 e. The normalized spacial score (nSPS) is 26.2. The van der Waals surface area contributed by atoms with Crippen molar-refractivity contribution in [2.75, 3.05) is 0 Å². The van der Waals surface area contributed by atoms with E-state index in [-0.39, 0.29) is 5.91 Å². The van der Waals surface area contributed by atoms with E-state index in [2.05, 4.69) is 5.32 Å². The molecule has 0 saturated heterocycles. The first kappa shape index (κ1) is 12.9. The molecule has 0 aromatic rings. The Kier molecular flexibility index (Phi) is 4.08. The van der Waals surface area contributed by atoms with Crippen molar-refractivity contribution in [2.24, 2.45) is 11.7 Å². The van der Waals surface area contributed by atoms with Crippen LogP contribution in [0.1, 0.15) is 64.7 Å². The lowest BCUT2D eigenvalue weighted by atomic mass is 9.91. The van der Waals surface area contributed by atoms with Gasteiger partial charge in [-0.15, -0.1) is 0 Å². The van der Waals surface area contributed by atoms with E-state index in [4.69, 9.17) is 5.73 Å². The van der Waals surface area contributed by atoms with E-state index in [9.17, 15) is 4.79 Å². The Bertz CT molecular complexity index is 267. The first-order valence-electron chi connectivity index (χ1n) is 7.18. The van der Waals surface area contributed by atoms with Gasteiger partial charge in [0, 0.05) is 6.04 Å². The van der Waals surface area contributed by atoms with Crippen LogP contribution in [0, 0.1) is 5.92 Å². The van der Waals surface area contributed by atoms with E-state index in [0.29, 0.717) is 6.04 Å². The smallest absolute Gasteiger partial charge is 0.237 e. The molecule has 2 aliphatic rings. The maximum Gasteiger partial charge on any atom is 0.237 e. The van der Waals surface area contributed by atoms with Crippen LogP contribution in [0.3, 0.4) is 0 Å². The van der Waals surface area contributed by atoms with Crippen LogP contribution in [0.2, 0.25) is 0 Å². The van der Waals surface area contributed by atoms with Gasteiger partial charge in [0.1, 0.15) is 0 Å². The molecular formula is C14H26N2O. The van der Waals surface area contributed by atoms with E-state index in [1.54, 1.807) is 0 Å². The monoisotopic (exact) mass is 238 g/mol. The van der Waals surface area contributed by atoms with Crippen molar-refractivity contribution >= 4 is 5.91 Å². The van der Waals surface area contributed by atoms with Crippen LogP contribution in [0.5, 0.6) is 0 Å². The van der Waals surface area contributed by atoms with Crippen LogP contribution in [0.4, 0.5) is 0 Å². The lowest BCUT2D eigenvalue weighted by Crippen LogP contribution is -2.56. The maximum atomic E-state index is 11.7. The highest BCUT2D eigenvalue weighted by Crippen LogP contribution is 2.37. The van der Waals surface area contributed by atoms with Crippen molar-refractivity contribution in [1.82, 2.24) is 5.32 Å². The Hall–Kier alpha value is -0.570. The molecule has 1 amide bonds. The summed E-state index contributed by atoms with van der Waals surface area (Å²) in [4.78, 5) is 11.7. The summed E-state index contributed by atoms with van der Waals surface area (Å²) in [5.74, 6) is 0.555. The number of nitrogens with one attached hydrogen (secondary N) is 1. The molecule has 0 spiro atoms. The summed E-state index contributed by atoms with van der Waals surface area (Å²) < 4.78 is 0. The number of hydrogen-bond acceptors (Lipinski definition) is 2. The standard InChI is InChI=1S/C14H26N2O/c1-14(13(15)17,10-11-8-9-11)16-12-6-4-2-3-5-7-12/h11-12,16H,2-10H2,1H3,(H2,15,17). The van der Waals surface area contributed by atoms with Crippen molar-refractivity contribution in [1.29, 1.82) is 0 Å². The summed E-state index contributed by atoms with van der Waals surface area (Å²) in [6.07, 6.45) is 11.1. The van der Waals surface area contributed by atoms with Gasteiger partial charge in [-0.1, -0.05) is 38.5 Å². The minimum Gasteiger partial charge on any atom is -0.368 e. The van der Waals surface area contributed by atoms with Gasteiger partial charge in [-0.3, -0.25) is 4.79 Å². The van der Waals surface area contributed by atoms with Gasteiger partial charge in [0.25, 0.3) is 0 Å². The predicted octanol–water partition coefficient (Wildman–Crippen LogP) is 2.34. The molecule has 0 radical (unpaired) electrons. The van der Waals surface area contributed by atoms with Crippen LogP contribution < -0.4 is 11.1 Å². The Morgan fingerprint density at radius 3 is 2.24 bits per heavy atom. The average molecular weight is 238 g/mol. The number of amides is 1. The number of rotatable bonds is 5. The van der Waals surface area contributed by atoms with E-state index < -0.39 is 5.54 Å². The summed E-state index contributed by atoms with van der Waals surface area (Å²) in [5, 5.41) is 3.57. The van der Waals surface area contributed by atoms with Crippen molar-refractivity contribution in [3.05, 3.63) is 0 Å². The van der Waals surface area contributed by atoms with Gasteiger partial charge < -0.3 is 11.1 Å². The molecule has 3 heteroatoms. The maximum absolute atomic E-state index is 11.7. The SMILES string of the molecule is CC(CC1CC1)(NC1CCCCCC1)C(N)=O. The Balaban J connectivity index is 1.92. The number of primary amides is 1. The third-order valence-electron chi connectivity index (χ3n) is 4.32. The second-order valence-corrected chi connectivity index (χ2v) is 6.18. The van der Waals surface area contributed by atoms with Crippen LogP contribution in [0.15, 0.2) is 0 Å². The summed E-state index contributed by atoms with van der Waals surface area (Å²) in [6.45, 7) is 2.00. The molecule has 0 heterocycles. The second-order valence-electron chi connectivity index (χ2n) is 6.18. The van der Waals surface area contributed by atoms with Gasteiger partial charge in [0.15, 0.2) is 0 Å². The number of nitrogens with two attached hydrogens (primary N) is 1. The Labute approximate surface area is 105 Å². The van der Waals surface area contributed by atoms with Crippen LogP contribution in [0.25, 0.3) is 0 Å². The van der Waals surface area contributed by atoms with E-state index in [1.165, 1.54) is 51.4 Å². The van der Waals surface area contributed by atoms with Crippen LogP contribution >= 0.6 is 0 Å². The molecule has 3 nitrogen and oxygen atoms in total. The molecule has 2 rings (SSSR count). The molecule has 0 aromatic carbocycles. The molecule has 1 unspecified atom stereocenters. The molecule has 0 aromatic heterocycles. The van der Waals surface area contributed by atoms with Gasteiger partial charge in [-0.25, -0.2) is 0 Å². The van der Waals surface area contributed by atoms with Crippen LogP contribution in [-0.2, 0) is 4.79 Å². The molecule has 3 N–H and O–H groups in total. The summed E-state index contributed by atoms with van der Waals surface area (Å²) in [5.41, 5.74) is 5.13. The molecule has 2 fully saturated rings. The molecule has 98 valence electrons. The van der Waals surface area contributed by atoms with Crippen molar-refractivity contribution in [2.45, 2.75) is 76.3 Å². The quantitative estimate of drug-likeness (QED) is 0.722.